The molecule has 2 aromatic carbocycles. The number of Topliss-reactive ketones (excluding diaryl/α,β-unsaturated/α-hetero) is 1. The predicted octanol–water partition coefficient (Wildman–Crippen LogP) is 4.51. The van der Waals surface area contributed by atoms with Crippen molar-refractivity contribution >= 4 is 40.7 Å². The number of benzene rings is 2. The van der Waals surface area contributed by atoms with Crippen LogP contribution in [0.25, 0.3) is 0 Å². The SMILES string of the molecule is CCc1ncc(CC(=O)N[C@@H](CCc2ccccc2)C(=O)N[C@@H](CC(C)C)C(=O)N[C@@H](Cc2ccccc2)C(=O)N[C@@H](CC(C)C)C(=O)C2(C)CO2)s1. The molecule has 1 aromatic heterocycles. The molecule has 53 heavy (non-hydrogen) atoms. The number of thiazole rings is 1. The molecule has 1 saturated heterocycles. The third-order valence-electron chi connectivity index (χ3n) is 9.15. The third kappa shape index (κ3) is 13.2. The first kappa shape index (κ1) is 41.3. The number of ether oxygens (including phenoxy) is 1. The summed E-state index contributed by atoms with van der Waals surface area (Å²) in [4.78, 5) is 73.8. The summed E-state index contributed by atoms with van der Waals surface area (Å²) in [6, 6.07) is 15.3. The number of hydrogen-bond acceptors (Lipinski definition) is 8. The van der Waals surface area contributed by atoms with Crippen molar-refractivity contribution in [1.29, 1.82) is 0 Å². The van der Waals surface area contributed by atoms with Gasteiger partial charge in [0.15, 0.2) is 5.78 Å². The van der Waals surface area contributed by atoms with E-state index in [0.29, 0.717) is 32.3 Å². The Hall–Kier alpha value is -4.42. The lowest BCUT2D eigenvalue weighted by atomic mass is 9.93. The fourth-order valence-electron chi connectivity index (χ4n) is 6.12. The highest BCUT2D eigenvalue weighted by Gasteiger charge is 2.50. The third-order valence-corrected chi connectivity index (χ3v) is 10.3. The number of hydrogen-bond donors (Lipinski definition) is 4. The van der Waals surface area contributed by atoms with E-state index >= 15 is 0 Å². The van der Waals surface area contributed by atoms with Crippen molar-refractivity contribution in [3.8, 4) is 0 Å². The summed E-state index contributed by atoms with van der Waals surface area (Å²) < 4.78 is 5.41. The molecule has 2 heterocycles. The van der Waals surface area contributed by atoms with Crippen LogP contribution in [-0.4, -0.2) is 70.8 Å². The molecule has 0 saturated carbocycles. The molecule has 0 spiro atoms. The lowest BCUT2D eigenvalue weighted by molar-refractivity contribution is -0.135. The van der Waals surface area contributed by atoms with Gasteiger partial charge in [-0.1, -0.05) is 95.3 Å². The molecule has 4 rings (SSSR count). The summed E-state index contributed by atoms with van der Waals surface area (Å²) in [6.07, 6.45) is 4.27. The predicted molar refractivity (Wildman–Crippen MR) is 206 cm³/mol. The van der Waals surface area contributed by atoms with Crippen LogP contribution < -0.4 is 21.3 Å². The Morgan fingerprint density at radius 2 is 1.28 bits per heavy atom. The van der Waals surface area contributed by atoms with E-state index in [1.807, 2.05) is 95.3 Å². The van der Waals surface area contributed by atoms with E-state index in [0.717, 1.165) is 27.4 Å². The van der Waals surface area contributed by atoms with Crippen LogP contribution in [0.2, 0.25) is 0 Å². The molecule has 1 unspecified atom stereocenters. The van der Waals surface area contributed by atoms with Gasteiger partial charge in [-0.05, 0) is 62.0 Å². The fourth-order valence-corrected chi connectivity index (χ4v) is 6.98. The first-order valence-electron chi connectivity index (χ1n) is 18.7. The van der Waals surface area contributed by atoms with Crippen molar-refractivity contribution in [2.75, 3.05) is 6.61 Å². The largest absolute Gasteiger partial charge is 0.361 e. The van der Waals surface area contributed by atoms with E-state index in [-0.39, 0.29) is 36.4 Å². The monoisotopic (exact) mass is 745 g/mol. The minimum absolute atomic E-state index is 0.0104. The van der Waals surface area contributed by atoms with Gasteiger partial charge in [-0.2, -0.15) is 0 Å². The average Bonchev–Trinajstić information content (AvgIpc) is 3.72. The topological polar surface area (TPSA) is 159 Å². The lowest BCUT2D eigenvalue weighted by Crippen LogP contribution is -2.59. The van der Waals surface area contributed by atoms with Crippen LogP contribution in [-0.2, 0) is 54.4 Å². The van der Waals surface area contributed by atoms with Crippen molar-refractivity contribution < 1.29 is 28.7 Å². The van der Waals surface area contributed by atoms with Crippen molar-refractivity contribution in [3.05, 3.63) is 87.9 Å². The highest BCUT2D eigenvalue weighted by molar-refractivity contribution is 7.11. The molecule has 0 radical (unpaired) electrons. The van der Waals surface area contributed by atoms with Gasteiger partial charge in [0.25, 0.3) is 0 Å². The van der Waals surface area contributed by atoms with Gasteiger partial charge in [0.05, 0.1) is 24.1 Å². The molecule has 286 valence electrons. The fraction of sp³-hybridized carbons (Fsp3) is 0.512. The van der Waals surface area contributed by atoms with Gasteiger partial charge >= 0.3 is 0 Å². The van der Waals surface area contributed by atoms with E-state index < -0.39 is 47.5 Å². The number of rotatable bonds is 21. The number of aryl methyl sites for hydroxylation is 2. The van der Waals surface area contributed by atoms with Crippen molar-refractivity contribution in [2.24, 2.45) is 11.8 Å². The number of carbonyl (C=O) groups excluding carboxylic acids is 5. The highest BCUT2D eigenvalue weighted by atomic mass is 32.1. The molecule has 1 aliphatic rings. The maximum absolute atomic E-state index is 14.1. The van der Waals surface area contributed by atoms with E-state index in [1.54, 1.807) is 13.1 Å². The molecule has 0 bridgehead atoms. The first-order valence-corrected chi connectivity index (χ1v) is 19.5. The van der Waals surface area contributed by atoms with Gasteiger partial charge in [-0.3, -0.25) is 24.0 Å². The Balaban J connectivity index is 1.53. The van der Waals surface area contributed by atoms with Gasteiger partial charge in [0.2, 0.25) is 23.6 Å². The molecule has 0 aliphatic carbocycles. The molecule has 3 aromatic rings. The van der Waals surface area contributed by atoms with Crippen LogP contribution in [0.3, 0.4) is 0 Å². The summed E-state index contributed by atoms with van der Waals surface area (Å²) in [6.45, 7) is 11.9. The Morgan fingerprint density at radius 3 is 1.85 bits per heavy atom. The number of amides is 4. The van der Waals surface area contributed by atoms with Gasteiger partial charge in [-0.15, -0.1) is 11.3 Å². The van der Waals surface area contributed by atoms with E-state index in [1.165, 1.54) is 11.3 Å². The average molecular weight is 746 g/mol. The summed E-state index contributed by atoms with van der Waals surface area (Å²) in [5, 5.41) is 12.6. The Bertz CT molecular complexity index is 1670. The maximum Gasteiger partial charge on any atom is 0.243 e. The summed E-state index contributed by atoms with van der Waals surface area (Å²) in [7, 11) is 0. The minimum Gasteiger partial charge on any atom is -0.361 e. The van der Waals surface area contributed by atoms with E-state index in [9.17, 15) is 24.0 Å². The van der Waals surface area contributed by atoms with Crippen LogP contribution in [0.5, 0.6) is 0 Å². The number of nitrogens with one attached hydrogen (secondary N) is 4. The van der Waals surface area contributed by atoms with Crippen molar-refractivity contribution in [1.82, 2.24) is 26.3 Å². The second kappa shape index (κ2) is 19.6. The zero-order valence-electron chi connectivity index (χ0n) is 31.8. The highest BCUT2D eigenvalue weighted by Crippen LogP contribution is 2.29. The molecule has 11 nitrogen and oxygen atoms in total. The van der Waals surface area contributed by atoms with Crippen molar-refractivity contribution in [3.63, 3.8) is 0 Å². The van der Waals surface area contributed by atoms with Crippen LogP contribution in [0, 0.1) is 11.8 Å². The Kier molecular flexibility index (Phi) is 15.3. The molecule has 1 aliphatic heterocycles. The summed E-state index contributed by atoms with van der Waals surface area (Å²) in [5.74, 6) is -1.90. The van der Waals surface area contributed by atoms with Crippen LogP contribution in [0.4, 0.5) is 0 Å². The first-order chi connectivity index (χ1) is 25.3. The molecule has 1 fully saturated rings. The number of carbonyl (C=O) groups is 5. The zero-order valence-corrected chi connectivity index (χ0v) is 32.6. The van der Waals surface area contributed by atoms with Gasteiger partial charge in [0.1, 0.15) is 23.7 Å². The zero-order chi connectivity index (χ0) is 38.5. The minimum atomic E-state index is -1.03. The van der Waals surface area contributed by atoms with Crippen LogP contribution in [0.15, 0.2) is 66.9 Å². The number of nitrogens with zero attached hydrogens (tertiary/aromatic N) is 1. The maximum atomic E-state index is 14.1. The standard InChI is InChI=1S/C41H55N5O6S/c1-7-36-42-24-30(53-36)23-35(47)43-31(19-18-28-14-10-8-11-15-28)38(49)45-33(21-27(4)5)39(50)46-34(22-29-16-12-9-13-17-29)40(51)44-32(20-26(2)3)37(48)41(6)25-52-41/h8-17,24,26-27,31-34H,7,18-23,25H2,1-6H3,(H,43,47)(H,44,51)(H,45,49)(H,46,50)/t31-,32-,33-,34-,41?/m0/s1. The second-order valence-corrected chi connectivity index (χ2v) is 16.1. The normalized spacial score (nSPS) is 17.4. The number of ketones is 1. The Morgan fingerprint density at radius 1 is 0.755 bits per heavy atom. The lowest BCUT2D eigenvalue weighted by Gasteiger charge is -2.28. The molecule has 5 atom stereocenters. The van der Waals surface area contributed by atoms with Crippen LogP contribution in [0.1, 0.15) is 81.8 Å². The molecule has 4 N–H and O–H groups in total. The quantitative estimate of drug-likeness (QED) is 0.117. The van der Waals surface area contributed by atoms with Gasteiger partial charge in [0, 0.05) is 17.5 Å². The van der Waals surface area contributed by atoms with E-state index in [2.05, 4.69) is 26.3 Å². The smallest absolute Gasteiger partial charge is 0.243 e. The summed E-state index contributed by atoms with van der Waals surface area (Å²) >= 11 is 1.47. The molecule has 12 heteroatoms. The Labute approximate surface area is 317 Å². The number of aromatic nitrogens is 1. The van der Waals surface area contributed by atoms with E-state index in [4.69, 9.17) is 4.74 Å². The molecular formula is C41H55N5O6S. The van der Waals surface area contributed by atoms with Gasteiger partial charge < -0.3 is 26.0 Å². The number of epoxide rings is 1. The van der Waals surface area contributed by atoms with Crippen molar-refractivity contribution in [2.45, 2.75) is 116 Å². The molecular weight excluding hydrogens is 691 g/mol. The van der Waals surface area contributed by atoms with Crippen LogP contribution >= 0.6 is 11.3 Å². The summed E-state index contributed by atoms with van der Waals surface area (Å²) in [5.41, 5.74) is 0.901. The van der Waals surface area contributed by atoms with Gasteiger partial charge in [-0.25, -0.2) is 4.98 Å². The second-order valence-electron chi connectivity index (χ2n) is 14.9. The molecule has 4 amide bonds.